The lowest BCUT2D eigenvalue weighted by atomic mass is 10.0. The lowest BCUT2D eigenvalue weighted by molar-refractivity contribution is -0.116. The molecule has 24 heavy (non-hydrogen) atoms. The van der Waals surface area contributed by atoms with E-state index in [1.807, 2.05) is 37.3 Å². The second-order valence-corrected chi connectivity index (χ2v) is 7.59. The summed E-state index contributed by atoms with van der Waals surface area (Å²) in [5.41, 5.74) is 2.18. The first-order chi connectivity index (χ1) is 11.3. The summed E-state index contributed by atoms with van der Waals surface area (Å²) in [6.07, 6.45) is 0. The van der Waals surface area contributed by atoms with Crippen molar-refractivity contribution in [3.8, 4) is 0 Å². The molecule has 2 aromatic carbocycles. The zero-order valence-corrected chi connectivity index (χ0v) is 14.9. The Kier molecular flexibility index (Phi) is 5.62. The highest BCUT2D eigenvalue weighted by Gasteiger charge is 2.17. The Morgan fingerprint density at radius 3 is 2.21 bits per heavy atom. The molecular weight excluding hydrogens is 324 g/mol. The Labute approximate surface area is 143 Å². The van der Waals surface area contributed by atoms with Crippen molar-refractivity contribution >= 4 is 27.3 Å². The van der Waals surface area contributed by atoms with Crippen molar-refractivity contribution in [2.45, 2.75) is 19.8 Å². The summed E-state index contributed by atoms with van der Waals surface area (Å²) in [4.78, 5) is 12.8. The molecule has 0 aliphatic heterocycles. The Morgan fingerprint density at radius 2 is 1.67 bits per heavy atom. The highest BCUT2D eigenvalue weighted by molar-refractivity contribution is 7.92. The number of nitrogens with zero attached hydrogens (tertiary/aromatic N) is 1. The molecule has 1 atom stereocenters. The van der Waals surface area contributed by atoms with Crippen LogP contribution in [0.5, 0.6) is 0 Å². The van der Waals surface area contributed by atoms with E-state index in [4.69, 9.17) is 0 Å². The molecule has 1 N–H and O–H groups in total. The minimum Gasteiger partial charge on any atom is -0.316 e. The zero-order chi connectivity index (χ0) is 17.7. The van der Waals surface area contributed by atoms with Crippen LogP contribution in [0.1, 0.15) is 25.3 Å². The number of sulfonamides is 1. The lowest BCUT2D eigenvalue weighted by Gasteiger charge is -2.16. The molecule has 6 heteroatoms. The summed E-state index contributed by atoms with van der Waals surface area (Å²) in [5, 5.41) is 0. The van der Waals surface area contributed by atoms with Gasteiger partial charge in [-0.15, -0.1) is 0 Å². The standard InChI is InChI=1S/C18H22N2O3S/c1-14(16-7-5-4-6-8-16)13-24(22,23)19-17-9-11-18(12-10-17)20(3)15(2)21/h4-12,14,19H,13H2,1-3H3/t14-/m1/s1. The van der Waals surface area contributed by atoms with Gasteiger partial charge < -0.3 is 4.90 Å². The first-order valence-corrected chi connectivity index (χ1v) is 9.33. The molecule has 5 nitrogen and oxygen atoms in total. The zero-order valence-electron chi connectivity index (χ0n) is 14.1. The molecule has 0 heterocycles. The summed E-state index contributed by atoms with van der Waals surface area (Å²) in [7, 11) is -1.79. The van der Waals surface area contributed by atoms with E-state index in [2.05, 4.69) is 4.72 Å². The van der Waals surface area contributed by atoms with Crippen LogP contribution in [-0.2, 0) is 14.8 Å². The van der Waals surface area contributed by atoms with E-state index in [9.17, 15) is 13.2 Å². The van der Waals surface area contributed by atoms with Gasteiger partial charge in [-0.3, -0.25) is 9.52 Å². The highest BCUT2D eigenvalue weighted by atomic mass is 32.2. The maximum Gasteiger partial charge on any atom is 0.233 e. The molecule has 0 saturated heterocycles. The van der Waals surface area contributed by atoms with Crippen LogP contribution < -0.4 is 9.62 Å². The Balaban J connectivity index is 2.05. The van der Waals surface area contributed by atoms with E-state index in [1.54, 1.807) is 31.3 Å². The fourth-order valence-corrected chi connectivity index (χ4v) is 3.79. The molecule has 0 aromatic heterocycles. The van der Waals surface area contributed by atoms with E-state index in [0.717, 1.165) is 5.56 Å². The second kappa shape index (κ2) is 7.49. The van der Waals surface area contributed by atoms with Gasteiger partial charge in [0.15, 0.2) is 0 Å². The number of anilines is 2. The van der Waals surface area contributed by atoms with E-state index in [-0.39, 0.29) is 17.6 Å². The lowest BCUT2D eigenvalue weighted by Crippen LogP contribution is -2.23. The van der Waals surface area contributed by atoms with E-state index >= 15 is 0 Å². The fraction of sp³-hybridized carbons (Fsp3) is 0.278. The smallest absolute Gasteiger partial charge is 0.233 e. The van der Waals surface area contributed by atoms with Crippen LogP contribution in [0.25, 0.3) is 0 Å². The summed E-state index contributed by atoms with van der Waals surface area (Å²) in [6, 6.07) is 16.3. The molecule has 0 radical (unpaired) electrons. The van der Waals surface area contributed by atoms with E-state index < -0.39 is 10.0 Å². The molecule has 2 aromatic rings. The van der Waals surface area contributed by atoms with Crippen molar-refractivity contribution in [2.24, 2.45) is 0 Å². The summed E-state index contributed by atoms with van der Waals surface area (Å²) in [6.45, 7) is 3.36. The van der Waals surface area contributed by atoms with Gasteiger partial charge in [-0.2, -0.15) is 0 Å². The van der Waals surface area contributed by atoms with Gasteiger partial charge in [-0.1, -0.05) is 37.3 Å². The third-order valence-corrected chi connectivity index (χ3v) is 5.32. The maximum absolute atomic E-state index is 12.3. The maximum atomic E-state index is 12.3. The summed E-state index contributed by atoms with van der Waals surface area (Å²) < 4.78 is 27.3. The topological polar surface area (TPSA) is 66.5 Å². The number of hydrogen-bond acceptors (Lipinski definition) is 3. The second-order valence-electron chi connectivity index (χ2n) is 5.82. The molecule has 0 bridgehead atoms. The Morgan fingerprint density at radius 1 is 1.08 bits per heavy atom. The van der Waals surface area contributed by atoms with Gasteiger partial charge in [0.1, 0.15) is 0 Å². The first kappa shape index (κ1) is 18.0. The molecule has 0 unspecified atom stereocenters. The number of hydrogen-bond donors (Lipinski definition) is 1. The van der Waals surface area contributed by atoms with Gasteiger partial charge in [0, 0.05) is 25.3 Å². The number of carbonyl (C=O) groups is 1. The molecule has 2 rings (SSSR count). The molecule has 0 aliphatic carbocycles. The monoisotopic (exact) mass is 346 g/mol. The van der Waals surface area contributed by atoms with Crippen molar-refractivity contribution in [3.63, 3.8) is 0 Å². The molecular formula is C18H22N2O3S. The molecule has 128 valence electrons. The number of rotatable bonds is 6. The van der Waals surface area contributed by atoms with Gasteiger partial charge >= 0.3 is 0 Å². The number of nitrogens with one attached hydrogen (secondary N) is 1. The van der Waals surface area contributed by atoms with Crippen molar-refractivity contribution in [1.82, 2.24) is 0 Å². The average molecular weight is 346 g/mol. The Bertz CT molecular complexity index is 787. The van der Waals surface area contributed by atoms with Gasteiger partial charge in [-0.25, -0.2) is 8.42 Å². The third-order valence-electron chi connectivity index (χ3n) is 3.84. The predicted octanol–water partition coefficient (Wildman–Crippen LogP) is 3.21. The fourth-order valence-electron chi connectivity index (χ4n) is 2.36. The van der Waals surface area contributed by atoms with Crippen molar-refractivity contribution in [2.75, 3.05) is 22.4 Å². The predicted molar refractivity (Wildman–Crippen MR) is 97.8 cm³/mol. The number of benzene rings is 2. The first-order valence-electron chi connectivity index (χ1n) is 7.68. The molecule has 1 amide bonds. The van der Waals surface area contributed by atoms with E-state index in [0.29, 0.717) is 11.4 Å². The van der Waals surface area contributed by atoms with Gasteiger partial charge in [0.2, 0.25) is 15.9 Å². The van der Waals surface area contributed by atoms with Crippen molar-refractivity contribution in [1.29, 1.82) is 0 Å². The van der Waals surface area contributed by atoms with Gasteiger partial charge in [0.05, 0.1) is 5.75 Å². The van der Waals surface area contributed by atoms with E-state index in [1.165, 1.54) is 11.8 Å². The largest absolute Gasteiger partial charge is 0.316 e. The van der Waals surface area contributed by atoms with Crippen LogP contribution in [0.3, 0.4) is 0 Å². The highest BCUT2D eigenvalue weighted by Crippen LogP contribution is 2.21. The van der Waals surface area contributed by atoms with Crippen LogP contribution in [0.2, 0.25) is 0 Å². The average Bonchev–Trinajstić information content (AvgIpc) is 2.54. The van der Waals surface area contributed by atoms with Crippen LogP contribution in [0.15, 0.2) is 54.6 Å². The van der Waals surface area contributed by atoms with Gasteiger partial charge in [0.25, 0.3) is 0 Å². The Hall–Kier alpha value is -2.34. The minimum absolute atomic E-state index is 0.00606. The van der Waals surface area contributed by atoms with Gasteiger partial charge in [-0.05, 0) is 35.7 Å². The van der Waals surface area contributed by atoms with Crippen LogP contribution in [-0.4, -0.2) is 27.1 Å². The van der Waals surface area contributed by atoms with Crippen LogP contribution in [0, 0.1) is 0 Å². The quantitative estimate of drug-likeness (QED) is 0.873. The number of carbonyl (C=O) groups excluding carboxylic acids is 1. The van der Waals surface area contributed by atoms with Crippen molar-refractivity contribution < 1.29 is 13.2 Å². The minimum atomic E-state index is -3.46. The van der Waals surface area contributed by atoms with Crippen LogP contribution >= 0.6 is 0 Å². The summed E-state index contributed by atoms with van der Waals surface area (Å²) >= 11 is 0. The SMILES string of the molecule is CC(=O)N(C)c1ccc(NS(=O)(=O)C[C@@H](C)c2ccccc2)cc1. The molecule has 0 spiro atoms. The van der Waals surface area contributed by atoms with Crippen molar-refractivity contribution in [3.05, 3.63) is 60.2 Å². The molecule has 0 aliphatic rings. The third kappa shape index (κ3) is 4.83. The summed E-state index contributed by atoms with van der Waals surface area (Å²) in [5.74, 6) is -0.182. The number of amides is 1. The molecule has 0 saturated carbocycles. The van der Waals surface area contributed by atoms with Crippen LogP contribution in [0.4, 0.5) is 11.4 Å². The molecule has 0 fully saturated rings. The normalized spacial score (nSPS) is 12.5.